The second-order valence-electron chi connectivity index (χ2n) is 5.22. The highest BCUT2D eigenvalue weighted by atomic mass is 16.1. The Balaban J connectivity index is 2.25. The second-order valence-corrected chi connectivity index (χ2v) is 5.22. The van der Waals surface area contributed by atoms with Gasteiger partial charge in [0.1, 0.15) is 0 Å². The lowest BCUT2D eigenvalue weighted by Gasteiger charge is -2.20. The summed E-state index contributed by atoms with van der Waals surface area (Å²) in [5.41, 5.74) is 7.29. The van der Waals surface area contributed by atoms with Gasteiger partial charge in [0.25, 0.3) is 0 Å². The summed E-state index contributed by atoms with van der Waals surface area (Å²) in [6.07, 6.45) is 4.29. The van der Waals surface area contributed by atoms with Crippen molar-refractivity contribution in [2.45, 2.75) is 26.3 Å². The van der Waals surface area contributed by atoms with Crippen LogP contribution in [0.2, 0.25) is 0 Å². The molecule has 0 aliphatic carbocycles. The van der Waals surface area contributed by atoms with Crippen LogP contribution in [-0.4, -0.2) is 37.0 Å². The van der Waals surface area contributed by atoms with Gasteiger partial charge in [0.2, 0.25) is 5.91 Å². The van der Waals surface area contributed by atoms with Crippen molar-refractivity contribution in [1.82, 2.24) is 10.2 Å². The van der Waals surface area contributed by atoms with Gasteiger partial charge in [-0.1, -0.05) is 12.1 Å². The molecule has 0 bridgehead atoms. The van der Waals surface area contributed by atoms with Crippen LogP contribution in [-0.2, 0) is 4.79 Å². The molecule has 3 N–H and O–H groups in total. The van der Waals surface area contributed by atoms with Gasteiger partial charge in [-0.25, -0.2) is 0 Å². The van der Waals surface area contributed by atoms with Gasteiger partial charge in [-0.15, -0.1) is 0 Å². The Labute approximate surface area is 121 Å². The molecular weight excluding hydrogens is 250 g/mol. The van der Waals surface area contributed by atoms with E-state index in [9.17, 15) is 4.79 Å². The van der Waals surface area contributed by atoms with Crippen LogP contribution in [0.4, 0.5) is 5.69 Å². The Bertz CT molecular complexity index is 438. The van der Waals surface area contributed by atoms with Crippen LogP contribution in [0, 0.1) is 0 Å². The standard InChI is InChI=1S/C16H25N3O/c1-13(2)19(3)12-4-11-18-16(20)10-7-14-5-8-15(17)9-6-14/h5-10,13H,4,11-12,17H2,1-3H3,(H,18,20)/b10-7+. The van der Waals surface area contributed by atoms with E-state index in [1.54, 1.807) is 12.2 Å². The lowest BCUT2D eigenvalue weighted by Crippen LogP contribution is -2.30. The summed E-state index contributed by atoms with van der Waals surface area (Å²) < 4.78 is 0. The zero-order chi connectivity index (χ0) is 15.0. The molecule has 4 heteroatoms. The van der Waals surface area contributed by atoms with Crippen LogP contribution < -0.4 is 11.1 Å². The van der Waals surface area contributed by atoms with E-state index in [4.69, 9.17) is 5.73 Å². The van der Waals surface area contributed by atoms with Crippen molar-refractivity contribution in [3.63, 3.8) is 0 Å². The van der Waals surface area contributed by atoms with Gasteiger partial charge in [0.05, 0.1) is 0 Å². The van der Waals surface area contributed by atoms with Crippen molar-refractivity contribution in [3.8, 4) is 0 Å². The summed E-state index contributed by atoms with van der Waals surface area (Å²) >= 11 is 0. The fraction of sp³-hybridized carbons (Fsp3) is 0.438. The number of carbonyl (C=O) groups excluding carboxylic acids is 1. The Morgan fingerprint density at radius 1 is 1.35 bits per heavy atom. The first kappa shape index (κ1) is 16.2. The molecule has 0 spiro atoms. The SMILES string of the molecule is CC(C)N(C)CCCNC(=O)/C=C/c1ccc(N)cc1. The molecule has 1 amide bonds. The molecule has 20 heavy (non-hydrogen) atoms. The molecule has 0 aromatic heterocycles. The Morgan fingerprint density at radius 3 is 2.60 bits per heavy atom. The fourth-order valence-electron chi connectivity index (χ4n) is 1.64. The summed E-state index contributed by atoms with van der Waals surface area (Å²) in [4.78, 5) is 13.9. The number of benzene rings is 1. The number of nitrogens with one attached hydrogen (secondary N) is 1. The van der Waals surface area contributed by atoms with Gasteiger partial charge < -0.3 is 16.0 Å². The van der Waals surface area contributed by atoms with Crippen molar-refractivity contribution >= 4 is 17.7 Å². The predicted molar refractivity (Wildman–Crippen MR) is 85.3 cm³/mol. The lowest BCUT2D eigenvalue weighted by atomic mass is 10.2. The number of nitrogens with two attached hydrogens (primary N) is 1. The van der Waals surface area contributed by atoms with E-state index in [1.165, 1.54) is 0 Å². The monoisotopic (exact) mass is 275 g/mol. The third-order valence-corrected chi connectivity index (χ3v) is 3.23. The maximum Gasteiger partial charge on any atom is 0.243 e. The van der Waals surface area contributed by atoms with Gasteiger partial charge in [-0.05, 0) is 57.6 Å². The number of rotatable bonds is 7. The first-order valence-electron chi connectivity index (χ1n) is 7.00. The van der Waals surface area contributed by atoms with Crippen LogP contribution in [0.15, 0.2) is 30.3 Å². The summed E-state index contributed by atoms with van der Waals surface area (Å²) in [5.74, 6) is -0.0611. The molecular formula is C16H25N3O. The minimum absolute atomic E-state index is 0.0611. The topological polar surface area (TPSA) is 58.4 Å². The first-order chi connectivity index (χ1) is 9.49. The maximum atomic E-state index is 11.6. The van der Waals surface area contributed by atoms with E-state index in [-0.39, 0.29) is 5.91 Å². The molecule has 0 unspecified atom stereocenters. The van der Waals surface area contributed by atoms with Gasteiger partial charge in [-0.3, -0.25) is 4.79 Å². The number of hydrogen-bond acceptors (Lipinski definition) is 3. The summed E-state index contributed by atoms with van der Waals surface area (Å²) in [6, 6.07) is 7.95. The van der Waals surface area contributed by atoms with Crippen LogP contribution in [0.5, 0.6) is 0 Å². The van der Waals surface area contributed by atoms with E-state index in [0.717, 1.165) is 24.2 Å². The molecule has 0 aliphatic rings. The molecule has 0 heterocycles. The second kappa shape index (κ2) is 8.38. The van der Waals surface area contributed by atoms with Gasteiger partial charge in [0.15, 0.2) is 0 Å². The van der Waals surface area contributed by atoms with Crippen molar-refractivity contribution in [2.24, 2.45) is 0 Å². The Hall–Kier alpha value is -1.81. The molecule has 1 aromatic rings. The molecule has 1 aromatic carbocycles. The van der Waals surface area contributed by atoms with Crippen LogP contribution in [0.1, 0.15) is 25.8 Å². The third kappa shape index (κ3) is 6.38. The maximum absolute atomic E-state index is 11.6. The number of amides is 1. The minimum atomic E-state index is -0.0611. The quantitative estimate of drug-likeness (QED) is 0.455. The molecule has 0 fully saturated rings. The summed E-state index contributed by atoms with van der Waals surface area (Å²) in [7, 11) is 2.09. The lowest BCUT2D eigenvalue weighted by molar-refractivity contribution is -0.116. The molecule has 0 saturated carbocycles. The highest BCUT2D eigenvalue weighted by Crippen LogP contribution is 2.06. The van der Waals surface area contributed by atoms with E-state index >= 15 is 0 Å². The molecule has 1 rings (SSSR count). The molecule has 0 aliphatic heterocycles. The summed E-state index contributed by atoms with van der Waals surface area (Å²) in [6.45, 7) is 6.00. The van der Waals surface area contributed by atoms with Gasteiger partial charge in [0, 0.05) is 24.4 Å². The Morgan fingerprint density at radius 2 is 2.00 bits per heavy atom. The van der Waals surface area contributed by atoms with E-state index in [2.05, 4.69) is 31.1 Å². The predicted octanol–water partition coefficient (Wildman–Crippen LogP) is 2.13. The first-order valence-corrected chi connectivity index (χ1v) is 7.00. The van der Waals surface area contributed by atoms with Crippen molar-refractivity contribution in [3.05, 3.63) is 35.9 Å². The zero-order valence-electron chi connectivity index (χ0n) is 12.6. The van der Waals surface area contributed by atoms with E-state index in [0.29, 0.717) is 12.6 Å². The molecule has 0 radical (unpaired) electrons. The molecule has 4 nitrogen and oxygen atoms in total. The number of nitrogen functional groups attached to an aromatic ring is 1. The van der Waals surface area contributed by atoms with Crippen molar-refractivity contribution in [1.29, 1.82) is 0 Å². The minimum Gasteiger partial charge on any atom is -0.399 e. The van der Waals surface area contributed by atoms with E-state index < -0.39 is 0 Å². The summed E-state index contributed by atoms with van der Waals surface area (Å²) in [5, 5.41) is 2.88. The number of hydrogen-bond donors (Lipinski definition) is 2. The molecule has 0 saturated heterocycles. The van der Waals surface area contributed by atoms with E-state index in [1.807, 2.05) is 24.3 Å². The zero-order valence-corrected chi connectivity index (χ0v) is 12.6. The third-order valence-electron chi connectivity index (χ3n) is 3.23. The molecule has 0 atom stereocenters. The molecule has 110 valence electrons. The van der Waals surface area contributed by atoms with Crippen LogP contribution in [0.25, 0.3) is 6.08 Å². The van der Waals surface area contributed by atoms with Crippen molar-refractivity contribution < 1.29 is 4.79 Å². The smallest absolute Gasteiger partial charge is 0.243 e. The average Bonchev–Trinajstić information content (AvgIpc) is 2.42. The highest BCUT2D eigenvalue weighted by molar-refractivity contribution is 5.91. The number of anilines is 1. The fourth-order valence-corrected chi connectivity index (χ4v) is 1.64. The average molecular weight is 275 g/mol. The Kier molecular flexibility index (Phi) is 6.81. The van der Waals surface area contributed by atoms with Crippen LogP contribution >= 0.6 is 0 Å². The van der Waals surface area contributed by atoms with Crippen LogP contribution in [0.3, 0.4) is 0 Å². The number of carbonyl (C=O) groups is 1. The van der Waals surface area contributed by atoms with Gasteiger partial charge in [-0.2, -0.15) is 0 Å². The van der Waals surface area contributed by atoms with Gasteiger partial charge >= 0.3 is 0 Å². The number of nitrogens with zero attached hydrogens (tertiary/aromatic N) is 1. The highest BCUT2D eigenvalue weighted by Gasteiger charge is 2.02. The normalized spacial score (nSPS) is 11.4. The largest absolute Gasteiger partial charge is 0.399 e. The van der Waals surface area contributed by atoms with Crippen molar-refractivity contribution in [2.75, 3.05) is 25.9 Å².